The zero-order valence-corrected chi connectivity index (χ0v) is 11.7. The SMILES string of the molecule is Cc1ccc(F)c(NP(C)(=O)Oc2ccccc2)c1. The number of para-hydroxylation sites is 1. The van der Waals surface area contributed by atoms with Gasteiger partial charge in [0.1, 0.15) is 11.6 Å². The van der Waals surface area contributed by atoms with Crippen LogP contribution < -0.4 is 9.61 Å². The van der Waals surface area contributed by atoms with Crippen LogP contribution in [0.4, 0.5) is 10.1 Å². The highest BCUT2D eigenvalue weighted by Gasteiger charge is 2.19. The van der Waals surface area contributed by atoms with Crippen molar-refractivity contribution in [1.82, 2.24) is 0 Å². The first-order chi connectivity index (χ1) is 8.96. The summed E-state index contributed by atoms with van der Waals surface area (Å²) in [6, 6.07) is 13.4. The van der Waals surface area contributed by atoms with Crippen LogP contribution in [0, 0.1) is 12.7 Å². The zero-order valence-electron chi connectivity index (χ0n) is 10.8. The highest BCUT2D eigenvalue weighted by molar-refractivity contribution is 7.60. The van der Waals surface area contributed by atoms with Gasteiger partial charge in [-0.05, 0) is 36.8 Å². The second kappa shape index (κ2) is 5.45. The highest BCUT2D eigenvalue weighted by atomic mass is 31.2. The van der Waals surface area contributed by atoms with Gasteiger partial charge in [0, 0.05) is 6.66 Å². The Bertz CT molecular complexity index is 616. The van der Waals surface area contributed by atoms with Crippen LogP contribution in [0.1, 0.15) is 5.56 Å². The van der Waals surface area contributed by atoms with Gasteiger partial charge in [0.05, 0.1) is 5.69 Å². The topological polar surface area (TPSA) is 38.3 Å². The van der Waals surface area contributed by atoms with Crippen LogP contribution in [-0.4, -0.2) is 6.66 Å². The fourth-order valence-electron chi connectivity index (χ4n) is 1.65. The van der Waals surface area contributed by atoms with E-state index >= 15 is 0 Å². The van der Waals surface area contributed by atoms with Crippen LogP contribution >= 0.6 is 7.52 Å². The summed E-state index contributed by atoms with van der Waals surface area (Å²) in [5.41, 5.74) is 1.06. The van der Waals surface area contributed by atoms with Crippen molar-refractivity contribution in [1.29, 1.82) is 0 Å². The van der Waals surface area contributed by atoms with E-state index in [-0.39, 0.29) is 5.69 Å². The summed E-state index contributed by atoms with van der Waals surface area (Å²) in [5.74, 6) is 0.0261. The fourth-order valence-corrected chi connectivity index (χ4v) is 2.83. The molecule has 0 saturated carbocycles. The number of halogens is 1. The van der Waals surface area contributed by atoms with Crippen LogP contribution in [0.2, 0.25) is 0 Å². The average molecular weight is 279 g/mol. The molecule has 0 radical (unpaired) electrons. The van der Waals surface area contributed by atoms with Crippen molar-refractivity contribution in [3.8, 4) is 5.75 Å². The molecule has 0 spiro atoms. The molecule has 0 fully saturated rings. The zero-order chi connectivity index (χ0) is 13.9. The quantitative estimate of drug-likeness (QED) is 0.840. The van der Waals surface area contributed by atoms with Gasteiger partial charge in [-0.15, -0.1) is 0 Å². The second-order valence-corrected chi connectivity index (χ2v) is 6.44. The van der Waals surface area contributed by atoms with Crippen molar-refractivity contribution in [3.63, 3.8) is 0 Å². The molecular weight excluding hydrogens is 264 g/mol. The Hall–Kier alpha value is -1.80. The first-order valence-electron chi connectivity index (χ1n) is 5.83. The number of hydrogen-bond acceptors (Lipinski definition) is 2. The van der Waals surface area contributed by atoms with Gasteiger partial charge in [-0.3, -0.25) is 4.57 Å². The summed E-state index contributed by atoms with van der Waals surface area (Å²) >= 11 is 0. The Morgan fingerprint density at radius 2 is 1.84 bits per heavy atom. The second-order valence-electron chi connectivity index (χ2n) is 4.35. The third-order valence-electron chi connectivity index (χ3n) is 2.47. The molecule has 1 atom stereocenters. The number of hydrogen-bond donors (Lipinski definition) is 1. The summed E-state index contributed by atoms with van der Waals surface area (Å²) in [4.78, 5) is 0. The smallest absolute Gasteiger partial charge is 0.338 e. The van der Waals surface area contributed by atoms with Crippen LogP contribution in [-0.2, 0) is 4.57 Å². The van der Waals surface area contributed by atoms with E-state index in [0.717, 1.165) is 5.56 Å². The maximum Gasteiger partial charge on any atom is 0.338 e. The number of nitrogens with one attached hydrogen (secondary N) is 1. The van der Waals surface area contributed by atoms with Crippen LogP contribution in [0.25, 0.3) is 0 Å². The number of rotatable bonds is 4. The summed E-state index contributed by atoms with van der Waals surface area (Å²) in [7, 11) is -3.17. The molecular formula is C14H15FNO2P. The standard InChI is InChI=1S/C14H15FNO2P/c1-11-8-9-13(15)14(10-11)16-19(2,17)18-12-6-4-3-5-7-12/h3-10H,1-2H3,(H,16,17). The van der Waals surface area contributed by atoms with E-state index in [4.69, 9.17) is 4.52 Å². The van der Waals surface area contributed by atoms with Crippen molar-refractivity contribution in [3.05, 3.63) is 59.9 Å². The molecule has 2 rings (SSSR count). The normalized spacial score (nSPS) is 13.6. The Labute approximate surface area is 111 Å². The van der Waals surface area contributed by atoms with Crippen LogP contribution in [0.5, 0.6) is 5.75 Å². The Balaban J connectivity index is 2.17. The van der Waals surface area contributed by atoms with Gasteiger partial charge in [0.25, 0.3) is 0 Å². The van der Waals surface area contributed by atoms with Crippen LogP contribution in [0.3, 0.4) is 0 Å². The molecule has 0 bridgehead atoms. The molecule has 0 aliphatic heterocycles. The molecule has 0 aliphatic carbocycles. The summed E-state index contributed by atoms with van der Waals surface area (Å²) < 4.78 is 31.3. The molecule has 0 saturated heterocycles. The van der Waals surface area contributed by atoms with Crippen molar-refractivity contribution in [2.24, 2.45) is 0 Å². The molecule has 3 nitrogen and oxygen atoms in total. The van der Waals surface area contributed by atoms with Gasteiger partial charge in [-0.1, -0.05) is 24.3 Å². The van der Waals surface area contributed by atoms with Gasteiger partial charge in [-0.2, -0.15) is 0 Å². The third kappa shape index (κ3) is 3.83. The van der Waals surface area contributed by atoms with E-state index in [2.05, 4.69) is 5.09 Å². The van der Waals surface area contributed by atoms with E-state index in [1.807, 2.05) is 13.0 Å². The van der Waals surface area contributed by atoms with Crippen molar-refractivity contribution in [2.75, 3.05) is 11.8 Å². The Morgan fingerprint density at radius 3 is 2.53 bits per heavy atom. The molecule has 0 aliphatic rings. The number of benzene rings is 2. The molecule has 1 unspecified atom stereocenters. The molecule has 0 heterocycles. The molecule has 100 valence electrons. The average Bonchev–Trinajstić information content (AvgIpc) is 2.34. The highest BCUT2D eigenvalue weighted by Crippen LogP contribution is 2.43. The minimum absolute atomic E-state index is 0.182. The predicted octanol–water partition coefficient (Wildman–Crippen LogP) is 4.45. The minimum atomic E-state index is -3.17. The van der Waals surface area contributed by atoms with Gasteiger partial charge >= 0.3 is 7.52 Å². The van der Waals surface area contributed by atoms with E-state index in [1.165, 1.54) is 12.7 Å². The first kappa shape index (κ1) is 13.6. The molecule has 2 aromatic carbocycles. The number of anilines is 1. The van der Waals surface area contributed by atoms with Crippen LogP contribution in [0.15, 0.2) is 48.5 Å². The largest absolute Gasteiger partial charge is 0.429 e. The van der Waals surface area contributed by atoms with Gasteiger partial charge < -0.3 is 9.61 Å². The molecule has 0 amide bonds. The van der Waals surface area contributed by atoms with Gasteiger partial charge in [-0.25, -0.2) is 4.39 Å². The van der Waals surface area contributed by atoms with E-state index in [1.54, 1.807) is 36.4 Å². The molecule has 1 N–H and O–H groups in total. The summed E-state index contributed by atoms with van der Waals surface area (Å²) in [6.07, 6.45) is 0. The lowest BCUT2D eigenvalue weighted by molar-refractivity contribution is 0.493. The van der Waals surface area contributed by atoms with Crippen molar-refractivity contribution in [2.45, 2.75) is 6.92 Å². The summed E-state index contributed by atoms with van der Waals surface area (Å²) in [6.45, 7) is 3.25. The first-order valence-corrected chi connectivity index (χ1v) is 7.90. The maximum absolute atomic E-state index is 13.6. The maximum atomic E-state index is 13.6. The molecule has 0 aromatic heterocycles. The molecule has 19 heavy (non-hydrogen) atoms. The lowest BCUT2D eigenvalue weighted by atomic mass is 10.2. The number of aryl methyl sites for hydroxylation is 1. The summed E-state index contributed by atoms with van der Waals surface area (Å²) in [5, 5.41) is 2.63. The van der Waals surface area contributed by atoms with E-state index < -0.39 is 13.3 Å². The third-order valence-corrected chi connectivity index (χ3v) is 3.67. The van der Waals surface area contributed by atoms with Crippen molar-refractivity contribution < 1.29 is 13.5 Å². The monoisotopic (exact) mass is 279 g/mol. The lowest BCUT2D eigenvalue weighted by Crippen LogP contribution is -2.04. The molecule has 5 heteroatoms. The van der Waals surface area contributed by atoms with Crippen molar-refractivity contribution >= 4 is 13.2 Å². The van der Waals surface area contributed by atoms with Gasteiger partial charge in [0.15, 0.2) is 0 Å². The van der Waals surface area contributed by atoms with Gasteiger partial charge in [0.2, 0.25) is 0 Å². The molecule has 2 aromatic rings. The fraction of sp³-hybridized carbons (Fsp3) is 0.143. The predicted molar refractivity (Wildman–Crippen MR) is 75.4 cm³/mol. The Morgan fingerprint density at radius 1 is 1.16 bits per heavy atom. The lowest BCUT2D eigenvalue weighted by Gasteiger charge is -2.18. The van der Waals surface area contributed by atoms with E-state index in [0.29, 0.717) is 5.75 Å². The Kier molecular flexibility index (Phi) is 3.91. The minimum Gasteiger partial charge on any atom is -0.429 e. The van der Waals surface area contributed by atoms with E-state index in [9.17, 15) is 8.96 Å².